The highest BCUT2D eigenvalue weighted by atomic mass is 19.1. The topological polar surface area (TPSA) is 56.4 Å². The SMILES string of the molecule is CCCCC(=O)N(CCC)CC(=O)N(CCc1c[nH]c2ccccc12)Cc1ccc(F)cc1. The van der Waals surface area contributed by atoms with Gasteiger partial charge in [0.05, 0.1) is 6.54 Å². The highest BCUT2D eigenvalue weighted by Gasteiger charge is 2.21. The summed E-state index contributed by atoms with van der Waals surface area (Å²) >= 11 is 0. The Bertz CT molecular complexity index is 1040. The van der Waals surface area contributed by atoms with Crippen LogP contribution < -0.4 is 0 Å². The number of hydrogen-bond acceptors (Lipinski definition) is 2. The van der Waals surface area contributed by atoms with Gasteiger partial charge in [0.25, 0.3) is 0 Å². The van der Waals surface area contributed by atoms with Crippen molar-refractivity contribution in [2.45, 2.75) is 52.5 Å². The fourth-order valence-corrected chi connectivity index (χ4v) is 4.01. The van der Waals surface area contributed by atoms with E-state index in [0.717, 1.165) is 41.3 Å². The van der Waals surface area contributed by atoms with E-state index in [-0.39, 0.29) is 24.2 Å². The van der Waals surface area contributed by atoms with Crippen molar-refractivity contribution < 1.29 is 14.0 Å². The molecule has 0 aliphatic carbocycles. The predicted molar refractivity (Wildman–Crippen MR) is 130 cm³/mol. The van der Waals surface area contributed by atoms with E-state index in [0.29, 0.717) is 32.5 Å². The molecule has 0 aliphatic heterocycles. The van der Waals surface area contributed by atoms with E-state index in [2.05, 4.69) is 18.0 Å². The first kappa shape index (κ1) is 24.5. The summed E-state index contributed by atoms with van der Waals surface area (Å²) in [4.78, 5) is 32.7. The second-order valence-corrected chi connectivity index (χ2v) is 8.47. The molecule has 0 saturated carbocycles. The average Bonchev–Trinajstić information content (AvgIpc) is 3.24. The van der Waals surface area contributed by atoms with E-state index in [1.807, 2.05) is 31.3 Å². The number of aromatic nitrogens is 1. The Hall–Kier alpha value is -3.15. The van der Waals surface area contributed by atoms with E-state index in [9.17, 15) is 14.0 Å². The Kier molecular flexibility index (Phi) is 9.04. The van der Waals surface area contributed by atoms with Crippen molar-refractivity contribution in [2.24, 2.45) is 0 Å². The number of amides is 2. The number of halogens is 1. The summed E-state index contributed by atoms with van der Waals surface area (Å²) in [5.74, 6) is -0.353. The highest BCUT2D eigenvalue weighted by Crippen LogP contribution is 2.19. The zero-order valence-electron chi connectivity index (χ0n) is 19.6. The molecule has 2 amide bonds. The molecule has 3 rings (SSSR count). The van der Waals surface area contributed by atoms with Crippen LogP contribution >= 0.6 is 0 Å². The van der Waals surface area contributed by atoms with Gasteiger partial charge in [-0.25, -0.2) is 4.39 Å². The summed E-state index contributed by atoms with van der Waals surface area (Å²) in [7, 11) is 0. The molecule has 0 radical (unpaired) electrons. The lowest BCUT2D eigenvalue weighted by atomic mass is 10.1. The minimum absolute atomic E-state index is 0.0328. The van der Waals surface area contributed by atoms with Crippen LogP contribution in [-0.4, -0.2) is 46.2 Å². The molecular weight excluding hydrogens is 417 g/mol. The summed E-state index contributed by atoms with van der Waals surface area (Å²) < 4.78 is 13.4. The van der Waals surface area contributed by atoms with Crippen LogP contribution in [0.15, 0.2) is 54.7 Å². The van der Waals surface area contributed by atoms with Crippen molar-refractivity contribution in [3.63, 3.8) is 0 Å². The lowest BCUT2D eigenvalue weighted by Crippen LogP contribution is -2.43. The van der Waals surface area contributed by atoms with E-state index in [4.69, 9.17) is 0 Å². The molecule has 1 heterocycles. The minimum Gasteiger partial charge on any atom is -0.361 e. The van der Waals surface area contributed by atoms with Crippen molar-refractivity contribution in [3.8, 4) is 0 Å². The number of carbonyl (C=O) groups is 2. The van der Waals surface area contributed by atoms with Crippen LogP contribution in [0.2, 0.25) is 0 Å². The van der Waals surface area contributed by atoms with Gasteiger partial charge in [-0.1, -0.05) is 50.6 Å². The van der Waals surface area contributed by atoms with Gasteiger partial charge in [0.2, 0.25) is 11.8 Å². The van der Waals surface area contributed by atoms with Gasteiger partial charge in [-0.2, -0.15) is 0 Å². The van der Waals surface area contributed by atoms with Crippen molar-refractivity contribution in [2.75, 3.05) is 19.6 Å². The molecule has 0 atom stereocenters. The summed E-state index contributed by atoms with van der Waals surface area (Å²) in [6.07, 6.45) is 5.72. The smallest absolute Gasteiger partial charge is 0.242 e. The third-order valence-corrected chi connectivity index (χ3v) is 5.88. The normalized spacial score (nSPS) is 11.0. The van der Waals surface area contributed by atoms with Gasteiger partial charge in [0.15, 0.2) is 0 Å². The number of hydrogen-bond donors (Lipinski definition) is 1. The molecular formula is C27H34FN3O2. The van der Waals surface area contributed by atoms with Crippen molar-refractivity contribution >= 4 is 22.7 Å². The van der Waals surface area contributed by atoms with Crippen LogP contribution in [0.25, 0.3) is 10.9 Å². The van der Waals surface area contributed by atoms with Gasteiger partial charge >= 0.3 is 0 Å². The van der Waals surface area contributed by atoms with Crippen molar-refractivity contribution in [1.29, 1.82) is 0 Å². The van der Waals surface area contributed by atoms with Crippen LogP contribution in [0.4, 0.5) is 4.39 Å². The third-order valence-electron chi connectivity index (χ3n) is 5.88. The maximum atomic E-state index is 13.4. The summed E-state index contributed by atoms with van der Waals surface area (Å²) in [6.45, 7) is 5.61. The number of fused-ring (bicyclic) bond motifs is 1. The predicted octanol–water partition coefficient (Wildman–Crippen LogP) is 5.31. The zero-order valence-corrected chi connectivity index (χ0v) is 19.6. The summed E-state index contributed by atoms with van der Waals surface area (Å²) in [5, 5.41) is 1.15. The quantitative estimate of drug-likeness (QED) is 0.406. The number of para-hydroxylation sites is 1. The number of H-pyrrole nitrogens is 1. The molecule has 0 unspecified atom stereocenters. The van der Waals surface area contributed by atoms with Gasteiger partial charge in [0.1, 0.15) is 5.82 Å². The maximum absolute atomic E-state index is 13.4. The van der Waals surface area contributed by atoms with Gasteiger partial charge in [-0.15, -0.1) is 0 Å². The molecule has 0 bridgehead atoms. The largest absolute Gasteiger partial charge is 0.361 e. The fourth-order valence-electron chi connectivity index (χ4n) is 4.01. The molecule has 0 aliphatic rings. The standard InChI is InChI=1S/C27H34FN3O2/c1-3-5-10-26(32)30(16-4-2)20-27(33)31(19-21-11-13-23(28)14-12-21)17-15-22-18-29-25-9-7-6-8-24(22)25/h6-9,11-14,18,29H,3-5,10,15-17,19-20H2,1-2H3. The van der Waals surface area contributed by atoms with E-state index in [1.165, 1.54) is 12.1 Å². The van der Waals surface area contributed by atoms with Gasteiger partial charge in [-0.3, -0.25) is 9.59 Å². The number of nitrogens with zero attached hydrogens (tertiary/aromatic N) is 2. The monoisotopic (exact) mass is 451 g/mol. The number of unbranched alkanes of at least 4 members (excludes halogenated alkanes) is 1. The number of benzene rings is 2. The molecule has 0 saturated heterocycles. The third kappa shape index (κ3) is 6.91. The Balaban J connectivity index is 1.75. The first-order valence-corrected chi connectivity index (χ1v) is 11.9. The molecule has 1 N–H and O–H groups in total. The first-order chi connectivity index (χ1) is 16.0. The summed E-state index contributed by atoms with van der Waals surface area (Å²) in [6, 6.07) is 14.3. The molecule has 6 heteroatoms. The van der Waals surface area contributed by atoms with Crippen LogP contribution in [0.3, 0.4) is 0 Å². The zero-order chi connectivity index (χ0) is 23.6. The molecule has 0 fully saturated rings. The molecule has 176 valence electrons. The molecule has 1 aromatic heterocycles. The summed E-state index contributed by atoms with van der Waals surface area (Å²) in [5.41, 5.74) is 3.08. The van der Waals surface area contributed by atoms with Gasteiger partial charge in [-0.05, 0) is 48.6 Å². The fraction of sp³-hybridized carbons (Fsp3) is 0.407. The second kappa shape index (κ2) is 12.2. The average molecular weight is 452 g/mol. The van der Waals surface area contributed by atoms with Crippen LogP contribution in [0, 0.1) is 5.82 Å². The van der Waals surface area contributed by atoms with Gasteiger partial charge < -0.3 is 14.8 Å². The van der Waals surface area contributed by atoms with E-state index >= 15 is 0 Å². The van der Waals surface area contributed by atoms with E-state index in [1.54, 1.807) is 21.9 Å². The number of rotatable bonds is 12. The maximum Gasteiger partial charge on any atom is 0.242 e. The van der Waals surface area contributed by atoms with Gasteiger partial charge in [0, 0.05) is 43.2 Å². The molecule has 2 aromatic carbocycles. The Morgan fingerprint density at radius 3 is 2.39 bits per heavy atom. The lowest BCUT2D eigenvalue weighted by molar-refractivity contribution is -0.141. The van der Waals surface area contributed by atoms with E-state index < -0.39 is 0 Å². The number of nitrogens with one attached hydrogen (secondary N) is 1. The Morgan fingerprint density at radius 2 is 1.67 bits per heavy atom. The number of aromatic amines is 1. The van der Waals surface area contributed by atoms with Crippen LogP contribution in [-0.2, 0) is 22.6 Å². The van der Waals surface area contributed by atoms with Crippen LogP contribution in [0.5, 0.6) is 0 Å². The molecule has 5 nitrogen and oxygen atoms in total. The minimum atomic E-state index is -0.300. The van der Waals surface area contributed by atoms with Crippen molar-refractivity contribution in [3.05, 3.63) is 71.7 Å². The molecule has 0 spiro atoms. The molecule has 33 heavy (non-hydrogen) atoms. The molecule has 3 aromatic rings. The number of carbonyl (C=O) groups excluding carboxylic acids is 2. The lowest BCUT2D eigenvalue weighted by Gasteiger charge is -2.28. The Morgan fingerprint density at radius 1 is 0.909 bits per heavy atom. The van der Waals surface area contributed by atoms with Crippen molar-refractivity contribution in [1.82, 2.24) is 14.8 Å². The highest BCUT2D eigenvalue weighted by molar-refractivity contribution is 5.85. The Labute approximate surface area is 195 Å². The van der Waals surface area contributed by atoms with Crippen LogP contribution in [0.1, 0.15) is 50.7 Å². The second-order valence-electron chi connectivity index (χ2n) is 8.47. The first-order valence-electron chi connectivity index (χ1n) is 11.9.